The lowest BCUT2D eigenvalue weighted by atomic mass is 10.1. The Morgan fingerprint density at radius 1 is 1.47 bits per heavy atom. The van der Waals surface area contributed by atoms with Gasteiger partial charge in [-0.3, -0.25) is 0 Å². The van der Waals surface area contributed by atoms with Gasteiger partial charge in [-0.05, 0) is 25.2 Å². The number of nitrogens with zero attached hydrogens (tertiary/aromatic N) is 3. The molecule has 1 fully saturated rings. The van der Waals surface area contributed by atoms with Gasteiger partial charge in [0.25, 0.3) is 0 Å². The highest BCUT2D eigenvalue weighted by atomic mass is 16.3. The molecule has 0 aromatic carbocycles. The molecule has 1 aliphatic carbocycles. The molecule has 0 spiro atoms. The number of nitrogens with one attached hydrogen (secondary N) is 2. The normalized spacial score (nSPS) is 22.8. The Kier molecular flexibility index (Phi) is 3.25. The molecule has 1 saturated carbocycles. The van der Waals surface area contributed by atoms with E-state index in [1.807, 2.05) is 23.8 Å². The van der Waals surface area contributed by atoms with Gasteiger partial charge in [-0.1, -0.05) is 0 Å². The topological polar surface area (TPSA) is 74.5 Å². The van der Waals surface area contributed by atoms with Crippen LogP contribution in [0.25, 0.3) is 5.65 Å². The van der Waals surface area contributed by atoms with Crippen LogP contribution in [-0.2, 0) is 0 Å². The molecular weight excluding hydrogens is 242 g/mol. The van der Waals surface area contributed by atoms with Gasteiger partial charge in [-0.2, -0.15) is 0 Å². The Bertz CT molecular complexity index is 567. The number of fused-ring (bicyclic) bond motifs is 1. The molecule has 0 aliphatic heterocycles. The molecule has 6 heteroatoms. The van der Waals surface area contributed by atoms with Crippen molar-refractivity contribution in [3.8, 4) is 0 Å². The zero-order chi connectivity index (χ0) is 13.2. The first-order valence-corrected chi connectivity index (χ1v) is 6.69. The third-order valence-electron chi connectivity index (χ3n) is 3.70. The van der Waals surface area contributed by atoms with Gasteiger partial charge < -0.3 is 20.1 Å². The van der Waals surface area contributed by atoms with Crippen molar-refractivity contribution in [2.75, 3.05) is 24.2 Å². The van der Waals surface area contributed by atoms with E-state index in [1.165, 1.54) is 0 Å². The predicted molar refractivity (Wildman–Crippen MR) is 74.4 cm³/mol. The Morgan fingerprint density at radius 2 is 2.37 bits per heavy atom. The van der Waals surface area contributed by atoms with Gasteiger partial charge in [0.2, 0.25) is 0 Å². The van der Waals surface area contributed by atoms with Crippen LogP contribution in [0.1, 0.15) is 19.3 Å². The van der Waals surface area contributed by atoms with E-state index >= 15 is 0 Å². The smallest absolute Gasteiger partial charge is 0.180 e. The molecule has 0 saturated heterocycles. The van der Waals surface area contributed by atoms with Crippen molar-refractivity contribution in [1.82, 2.24) is 14.4 Å². The van der Waals surface area contributed by atoms with Crippen LogP contribution in [-0.4, -0.2) is 39.2 Å². The molecule has 3 N–H and O–H groups in total. The van der Waals surface area contributed by atoms with Crippen LogP contribution in [0.4, 0.5) is 11.6 Å². The number of aliphatic hydroxyl groups excluding tert-OH is 1. The van der Waals surface area contributed by atoms with Crippen LogP contribution in [0.15, 0.2) is 18.6 Å². The van der Waals surface area contributed by atoms with Gasteiger partial charge in [0.15, 0.2) is 11.5 Å². The van der Waals surface area contributed by atoms with Gasteiger partial charge in [-0.15, -0.1) is 0 Å². The number of imidazole rings is 1. The van der Waals surface area contributed by atoms with Crippen LogP contribution in [0, 0.1) is 5.92 Å². The van der Waals surface area contributed by atoms with E-state index < -0.39 is 0 Å². The van der Waals surface area contributed by atoms with E-state index in [0.717, 1.165) is 43.1 Å². The largest absolute Gasteiger partial charge is 0.393 e. The molecule has 6 nitrogen and oxygen atoms in total. The van der Waals surface area contributed by atoms with Crippen molar-refractivity contribution in [1.29, 1.82) is 0 Å². The highest BCUT2D eigenvalue weighted by Gasteiger charge is 2.22. The van der Waals surface area contributed by atoms with Crippen LogP contribution in [0.5, 0.6) is 0 Å². The first-order chi connectivity index (χ1) is 9.26. The van der Waals surface area contributed by atoms with Crippen LogP contribution in [0.2, 0.25) is 0 Å². The quantitative estimate of drug-likeness (QED) is 0.774. The monoisotopic (exact) mass is 261 g/mol. The lowest BCUT2D eigenvalue weighted by Gasteiger charge is -2.13. The summed E-state index contributed by atoms with van der Waals surface area (Å²) in [5.74, 6) is 2.11. The second-order valence-corrected chi connectivity index (χ2v) is 5.10. The van der Waals surface area contributed by atoms with E-state index in [-0.39, 0.29) is 6.10 Å². The van der Waals surface area contributed by atoms with Gasteiger partial charge in [0.05, 0.1) is 12.3 Å². The Hall–Kier alpha value is -1.82. The number of hydrogen-bond acceptors (Lipinski definition) is 5. The lowest BCUT2D eigenvalue weighted by Crippen LogP contribution is -2.14. The van der Waals surface area contributed by atoms with Crippen molar-refractivity contribution in [2.24, 2.45) is 5.92 Å². The fourth-order valence-electron chi connectivity index (χ4n) is 2.65. The highest BCUT2D eigenvalue weighted by molar-refractivity contribution is 5.65. The molecule has 2 aromatic rings. The highest BCUT2D eigenvalue weighted by Crippen LogP contribution is 2.26. The van der Waals surface area contributed by atoms with E-state index in [1.54, 1.807) is 6.20 Å². The second kappa shape index (κ2) is 5.05. The molecule has 2 heterocycles. The van der Waals surface area contributed by atoms with Crippen molar-refractivity contribution in [3.05, 3.63) is 18.6 Å². The second-order valence-electron chi connectivity index (χ2n) is 5.10. The SMILES string of the molecule is CNc1cn2ccnc2c(NCC2CCC(O)C2)n1. The summed E-state index contributed by atoms with van der Waals surface area (Å²) < 4.78 is 1.95. The minimum absolute atomic E-state index is 0.130. The van der Waals surface area contributed by atoms with Gasteiger partial charge in [-0.25, -0.2) is 9.97 Å². The summed E-state index contributed by atoms with van der Waals surface area (Å²) in [4.78, 5) is 8.82. The zero-order valence-corrected chi connectivity index (χ0v) is 11.0. The minimum Gasteiger partial charge on any atom is -0.393 e. The third kappa shape index (κ3) is 2.49. The molecular formula is C13H19N5O. The number of anilines is 2. The van der Waals surface area contributed by atoms with Crippen LogP contribution < -0.4 is 10.6 Å². The lowest BCUT2D eigenvalue weighted by molar-refractivity contribution is 0.178. The molecule has 3 rings (SSSR count). The standard InChI is InChI=1S/C13H19N5O/c1-14-11-8-18-5-4-15-13(18)12(17-11)16-7-9-2-3-10(19)6-9/h4-5,8-10,14,19H,2-3,6-7H2,1H3,(H,16,17). The van der Waals surface area contributed by atoms with Crippen molar-refractivity contribution >= 4 is 17.3 Å². The Labute approximate surface area is 111 Å². The molecule has 102 valence electrons. The first-order valence-electron chi connectivity index (χ1n) is 6.69. The van der Waals surface area contributed by atoms with E-state index in [4.69, 9.17) is 0 Å². The number of hydrogen-bond donors (Lipinski definition) is 3. The molecule has 2 atom stereocenters. The number of rotatable bonds is 4. The zero-order valence-electron chi connectivity index (χ0n) is 11.0. The first kappa shape index (κ1) is 12.2. The van der Waals surface area contributed by atoms with E-state index in [9.17, 15) is 5.11 Å². The number of aliphatic hydroxyl groups is 1. The molecule has 0 amide bonds. The average Bonchev–Trinajstić information content (AvgIpc) is 3.04. The maximum Gasteiger partial charge on any atom is 0.180 e. The van der Waals surface area contributed by atoms with Gasteiger partial charge in [0, 0.05) is 26.0 Å². The summed E-state index contributed by atoms with van der Waals surface area (Å²) in [5, 5.41) is 16.0. The summed E-state index contributed by atoms with van der Waals surface area (Å²) in [6.07, 6.45) is 8.31. The molecule has 19 heavy (non-hydrogen) atoms. The maximum atomic E-state index is 9.55. The molecule has 2 unspecified atom stereocenters. The summed E-state index contributed by atoms with van der Waals surface area (Å²) in [6.45, 7) is 0.833. The molecule has 1 aliphatic rings. The van der Waals surface area contributed by atoms with Gasteiger partial charge >= 0.3 is 0 Å². The summed E-state index contributed by atoms with van der Waals surface area (Å²) in [7, 11) is 1.85. The summed E-state index contributed by atoms with van der Waals surface area (Å²) in [5.41, 5.74) is 0.831. The summed E-state index contributed by atoms with van der Waals surface area (Å²) in [6, 6.07) is 0. The Balaban J connectivity index is 1.77. The fraction of sp³-hybridized carbons (Fsp3) is 0.538. The fourth-order valence-corrected chi connectivity index (χ4v) is 2.65. The maximum absolute atomic E-state index is 9.55. The molecule has 0 bridgehead atoms. The van der Waals surface area contributed by atoms with E-state index in [0.29, 0.717) is 5.92 Å². The van der Waals surface area contributed by atoms with Crippen LogP contribution in [0.3, 0.4) is 0 Å². The van der Waals surface area contributed by atoms with E-state index in [2.05, 4.69) is 20.6 Å². The van der Waals surface area contributed by atoms with Crippen LogP contribution >= 0.6 is 0 Å². The summed E-state index contributed by atoms with van der Waals surface area (Å²) >= 11 is 0. The average molecular weight is 261 g/mol. The Morgan fingerprint density at radius 3 is 3.11 bits per heavy atom. The minimum atomic E-state index is -0.130. The van der Waals surface area contributed by atoms with Gasteiger partial charge in [0.1, 0.15) is 5.82 Å². The van der Waals surface area contributed by atoms with Crippen molar-refractivity contribution in [3.63, 3.8) is 0 Å². The number of aromatic nitrogens is 3. The molecule has 0 radical (unpaired) electrons. The molecule has 2 aromatic heterocycles. The third-order valence-corrected chi connectivity index (χ3v) is 3.70. The van der Waals surface area contributed by atoms with Crippen molar-refractivity contribution < 1.29 is 5.11 Å². The van der Waals surface area contributed by atoms with Crippen molar-refractivity contribution in [2.45, 2.75) is 25.4 Å². The predicted octanol–water partition coefficient (Wildman–Crippen LogP) is 1.34.